The molecular weight excluding hydrogens is 200 g/mol. The molecule has 1 rings (SSSR count). The summed E-state index contributed by atoms with van der Waals surface area (Å²) in [5.41, 5.74) is 1.52. The number of hydrogen-bond donors (Lipinski definition) is 1. The molecule has 0 aliphatic carbocycles. The van der Waals surface area contributed by atoms with Crippen LogP contribution in [0.3, 0.4) is 0 Å². The quantitative estimate of drug-likeness (QED) is 0.463. The van der Waals surface area contributed by atoms with E-state index in [0.29, 0.717) is 10.6 Å². The first-order chi connectivity index (χ1) is 6.50. The molecular formula is C9H10N2O2S. The van der Waals surface area contributed by atoms with Crippen LogP contribution in [0.4, 0.5) is 11.4 Å². The number of thiocarbonyl (C=S) groups is 1. The van der Waals surface area contributed by atoms with E-state index in [2.05, 4.69) is 5.32 Å². The van der Waals surface area contributed by atoms with Gasteiger partial charge in [-0.3, -0.25) is 10.1 Å². The predicted octanol–water partition coefficient (Wildman–Crippen LogP) is 2.66. The number of nitrogens with zero attached hydrogens (tertiary/aromatic N) is 1. The maximum Gasteiger partial charge on any atom is 0.272 e. The molecule has 0 bridgehead atoms. The molecule has 0 radical (unpaired) electrons. The van der Waals surface area contributed by atoms with Gasteiger partial charge < -0.3 is 5.32 Å². The van der Waals surface area contributed by atoms with Gasteiger partial charge in [-0.25, -0.2) is 0 Å². The molecule has 0 spiro atoms. The summed E-state index contributed by atoms with van der Waals surface area (Å²) < 4.78 is 0. The van der Waals surface area contributed by atoms with Gasteiger partial charge in [0.1, 0.15) is 0 Å². The Morgan fingerprint density at radius 3 is 2.64 bits per heavy atom. The normalized spacial score (nSPS) is 9.57. The van der Waals surface area contributed by atoms with Crippen LogP contribution >= 0.6 is 12.2 Å². The summed E-state index contributed by atoms with van der Waals surface area (Å²) in [6.45, 7) is 3.45. The van der Waals surface area contributed by atoms with Crippen LogP contribution in [-0.4, -0.2) is 9.91 Å². The highest BCUT2D eigenvalue weighted by molar-refractivity contribution is 7.80. The van der Waals surface area contributed by atoms with Crippen LogP contribution in [0.1, 0.15) is 12.5 Å². The number of anilines is 1. The number of benzene rings is 1. The van der Waals surface area contributed by atoms with Crippen LogP contribution in [-0.2, 0) is 0 Å². The van der Waals surface area contributed by atoms with Gasteiger partial charge in [-0.15, -0.1) is 0 Å². The highest BCUT2D eigenvalue weighted by Gasteiger charge is 2.09. The molecule has 0 fully saturated rings. The predicted molar refractivity (Wildman–Crippen MR) is 59.7 cm³/mol. The molecule has 5 heteroatoms. The topological polar surface area (TPSA) is 55.2 Å². The third kappa shape index (κ3) is 2.50. The van der Waals surface area contributed by atoms with Crippen molar-refractivity contribution in [2.75, 3.05) is 5.32 Å². The van der Waals surface area contributed by atoms with Crippen LogP contribution in [0, 0.1) is 17.0 Å². The summed E-state index contributed by atoms with van der Waals surface area (Å²) in [7, 11) is 0. The van der Waals surface area contributed by atoms with Crippen molar-refractivity contribution in [3.63, 3.8) is 0 Å². The van der Waals surface area contributed by atoms with Crippen molar-refractivity contribution in [1.29, 1.82) is 0 Å². The number of nitro groups is 1. The summed E-state index contributed by atoms with van der Waals surface area (Å²) >= 11 is 4.86. The first-order valence-electron chi connectivity index (χ1n) is 4.03. The van der Waals surface area contributed by atoms with Gasteiger partial charge in [-0.05, 0) is 26.0 Å². The molecule has 1 aromatic rings. The van der Waals surface area contributed by atoms with E-state index in [1.54, 1.807) is 26.0 Å². The summed E-state index contributed by atoms with van der Waals surface area (Å²) in [6, 6.07) is 4.81. The second-order valence-corrected chi connectivity index (χ2v) is 3.55. The van der Waals surface area contributed by atoms with E-state index in [-0.39, 0.29) is 5.69 Å². The lowest BCUT2D eigenvalue weighted by molar-refractivity contribution is -0.385. The van der Waals surface area contributed by atoms with Crippen molar-refractivity contribution in [1.82, 2.24) is 0 Å². The molecule has 0 saturated heterocycles. The van der Waals surface area contributed by atoms with Crippen molar-refractivity contribution in [3.05, 3.63) is 33.9 Å². The minimum atomic E-state index is -0.399. The van der Waals surface area contributed by atoms with E-state index in [0.717, 1.165) is 5.69 Å². The van der Waals surface area contributed by atoms with Crippen LogP contribution in [0.15, 0.2) is 18.2 Å². The fourth-order valence-electron chi connectivity index (χ4n) is 1.14. The van der Waals surface area contributed by atoms with E-state index in [1.165, 1.54) is 6.07 Å². The second kappa shape index (κ2) is 4.15. The summed E-state index contributed by atoms with van der Waals surface area (Å²) in [5, 5.41) is 13.4. The molecule has 0 aromatic heterocycles. The Bertz CT molecular complexity index is 390. The lowest BCUT2D eigenvalue weighted by Gasteiger charge is -2.04. The van der Waals surface area contributed by atoms with Crippen molar-refractivity contribution >= 4 is 28.6 Å². The van der Waals surface area contributed by atoms with E-state index < -0.39 is 4.92 Å². The van der Waals surface area contributed by atoms with Gasteiger partial charge in [-0.1, -0.05) is 12.2 Å². The molecule has 0 heterocycles. The average Bonchev–Trinajstić information content (AvgIpc) is 2.01. The highest BCUT2D eigenvalue weighted by atomic mass is 32.1. The van der Waals surface area contributed by atoms with E-state index in [4.69, 9.17) is 12.2 Å². The van der Waals surface area contributed by atoms with Crippen LogP contribution < -0.4 is 5.32 Å². The highest BCUT2D eigenvalue weighted by Crippen LogP contribution is 2.21. The third-order valence-electron chi connectivity index (χ3n) is 1.71. The number of rotatable bonds is 2. The summed E-state index contributed by atoms with van der Waals surface area (Å²) in [4.78, 5) is 10.8. The Balaban J connectivity index is 3.00. The molecule has 0 aliphatic rings. The zero-order valence-corrected chi connectivity index (χ0v) is 8.72. The minimum absolute atomic E-state index is 0.123. The van der Waals surface area contributed by atoms with E-state index in [9.17, 15) is 10.1 Å². The molecule has 74 valence electrons. The SMILES string of the molecule is CC(=S)Nc1ccc([N+](=O)[O-])c(C)c1. The molecule has 1 N–H and O–H groups in total. The Labute approximate surface area is 87.1 Å². The van der Waals surface area contributed by atoms with Gasteiger partial charge in [0.2, 0.25) is 0 Å². The van der Waals surface area contributed by atoms with Gasteiger partial charge in [-0.2, -0.15) is 0 Å². The smallest absolute Gasteiger partial charge is 0.272 e. The Kier molecular flexibility index (Phi) is 3.14. The van der Waals surface area contributed by atoms with Crippen LogP contribution in [0.2, 0.25) is 0 Å². The zero-order chi connectivity index (χ0) is 10.7. The van der Waals surface area contributed by atoms with Crippen molar-refractivity contribution in [2.24, 2.45) is 0 Å². The van der Waals surface area contributed by atoms with Crippen molar-refractivity contribution in [3.8, 4) is 0 Å². The molecule has 0 amide bonds. The molecule has 0 saturated carbocycles. The summed E-state index contributed by atoms with van der Waals surface area (Å²) in [5.74, 6) is 0. The first-order valence-corrected chi connectivity index (χ1v) is 4.44. The van der Waals surface area contributed by atoms with Gasteiger partial charge in [0.05, 0.1) is 9.91 Å². The van der Waals surface area contributed by atoms with E-state index in [1.807, 2.05) is 0 Å². The lowest BCUT2D eigenvalue weighted by Crippen LogP contribution is -2.03. The van der Waals surface area contributed by atoms with Crippen LogP contribution in [0.5, 0.6) is 0 Å². The molecule has 14 heavy (non-hydrogen) atoms. The zero-order valence-electron chi connectivity index (χ0n) is 7.90. The number of aryl methyl sites for hydroxylation is 1. The molecule has 4 nitrogen and oxygen atoms in total. The van der Waals surface area contributed by atoms with Crippen molar-refractivity contribution < 1.29 is 4.92 Å². The fourth-order valence-corrected chi connectivity index (χ4v) is 1.26. The molecule has 0 aliphatic heterocycles. The number of nitrogens with one attached hydrogen (secondary N) is 1. The average molecular weight is 210 g/mol. The van der Waals surface area contributed by atoms with Gasteiger partial charge in [0, 0.05) is 17.3 Å². The number of nitro benzene ring substituents is 1. The largest absolute Gasteiger partial charge is 0.350 e. The standard InChI is InChI=1S/C9H10N2O2S/c1-6-5-8(10-7(2)14)3-4-9(6)11(12)13/h3-5H,1-2H3,(H,10,14). The summed E-state index contributed by atoms with van der Waals surface area (Å²) in [6.07, 6.45) is 0. The van der Waals surface area contributed by atoms with Gasteiger partial charge >= 0.3 is 0 Å². The molecule has 0 atom stereocenters. The Morgan fingerprint density at radius 1 is 1.57 bits per heavy atom. The van der Waals surface area contributed by atoms with E-state index >= 15 is 0 Å². The maximum absolute atomic E-state index is 10.5. The van der Waals surface area contributed by atoms with Crippen LogP contribution in [0.25, 0.3) is 0 Å². The molecule has 1 aromatic carbocycles. The Hall–Kier alpha value is -1.49. The van der Waals surface area contributed by atoms with Gasteiger partial charge in [0.25, 0.3) is 5.69 Å². The Morgan fingerprint density at radius 2 is 2.21 bits per heavy atom. The fraction of sp³-hybridized carbons (Fsp3) is 0.222. The number of hydrogen-bond acceptors (Lipinski definition) is 3. The van der Waals surface area contributed by atoms with Gasteiger partial charge in [0.15, 0.2) is 0 Å². The van der Waals surface area contributed by atoms with Crippen molar-refractivity contribution in [2.45, 2.75) is 13.8 Å². The first kappa shape index (κ1) is 10.6. The minimum Gasteiger partial charge on any atom is -0.350 e. The monoisotopic (exact) mass is 210 g/mol. The third-order valence-corrected chi connectivity index (χ3v) is 1.82. The second-order valence-electron chi connectivity index (χ2n) is 2.94. The maximum atomic E-state index is 10.5. The lowest BCUT2D eigenvalue weighted by atomic mass is 10.2. The molecule has 0 unspecified atom stereocenters.